The monoisotopic (exact) mass is 311 g/mol. The van der Waals surface area contributed by atoms with Crippen molar-refractivity contribution in [2.75, 3.05) is 19.5 Å². The van der Waals surface area contributed by atoms with Crippen LogP contribution < -0.4 is 14.8 Å². The maximum absolute atomic E-state index is 12.1. The summed E-state index contributed by atoms with van der Waals surface area (Å²) in [5.41, 5.74) is 3.16. The van der Waals surface area contributed by atoms with E-state index >= 15 is 0 Å². The number of carbonyl (C=O) groups excluding carboxylic acids is 1. The predicted octanol–water partition coefficient (Wildman–Crippen LogP) is 3.76. The molecule has 0 fully saturated rings. The van der Waals surface area contributed by atoms with Gasteiger partial charge in [0.2, 0.25) is 5.91 Å². The molecule has 4 heteroatoms. The number of hydrogen-bond acceptors (Lipinski definition) is 3. The lowest BCUT2D eigenvalue weighted by Gasteiger charge is -2.28. The highest BCUT2D eigenvalue weighted by Crippen LogP contribution is 2.43. The molecule has 0 aromatic heterocycles. The van der Waals surface area contributed by atoms with Crippen molar-refractivity contribution in [2.24, 2.45) is 0 Å². The average molecular weight is 311 g/mol. The molecule has 0 saturated heterocycles. The Labute approximate surface area is 136 Å². The largest absolute Gasteiger partial charge is 0.497 e. The van der Waals surface area contributed by atoms with Crippen LogP contribution in [0.1, 0.15) is 29.9 Å². The number of carbonyl (C=O) groups is 1. The lowest BCUT2D eigenvalue weighted by molar-refractivity contribution is -0.116. The first-order valence-corrected chi connectivity index (χ1v) is 7.81. The minimum Gasteiger partial charge on any atom is -0.497 e. The molecule has 0 radical (unpaired) electrons. The van der Waals surface area contributed by atoms with Crippen molar-refractivity contribution in [3.05, 3.63) is 53.6 Å². The minimum absolute atomic E-state index is 0.0471. The lowest BCUT2D eigenvalue weighted by Crippen LogP contribution is -2.24. The third-order valence-electron chi connectivity index (χ3n) is 4.31. The molecule has 1 aliphatic rings. The average Bonchev–Trinajstić information content (AvgIpc) is 2.59. The van der Waals surface area contributed by atoms with E-state index in [1.165, 1.54) is 5.56 Å². The number of nitrogens with one attached hydrogen (secondary N) is 1. The van der Waals surface area contributed by atoms with Gasteiger partial charge >= 0.3 is 0 Å². The van der Waals surface area contributed by atoms with Crippen LogP contribution in [0.3, 0.4) is 0 Å². The van der Waals surface area contributed by atoms with Gasteiger partial charge in [0, 0.05) is 24.1 Å². The Balaban J connectivity index is 1.89. The third kappa shape index (κ3) is 3.31. The smallest absolute Gasteiger partial charge is 0.225 e. The van der Waals surface area contributed by atoms with Gasteiger partial charge in [-0.2, -0.15) is 0 Å². The van der Waals surface area contributed by atoms with Crippen molar-refractivity contribution in [3.63, 3.8) is 0 Å². The number of anilines is 1. The standard InChI is InChI=1S/C19H21NO3/c1-22-15-11-16-19(17(12-15)23-2)14(10-18(21)20-16)9-8-13-6-4-3-5-7-13/h3-7,11-12,14H,8-10H2,1-2H3,(H,20,21). The van der Waals surface area contributed by atoms with Gasteiger partial charge in [-0.25, -0.2) is 0 Å². The normalized spacial score (nSPS) is 16.4. The number of rotatable bonds is 5. The van der Waals surface area contributed by atoms with Crippen LogP contribution in [0, 0.1) is 0 Å². The summed E-state index contributed by atoms with van der Waals surface area (Å²) in [5, 5.41) is 2.94. The van der Waals surface area contributed by atoms with Gasteiger partial charge in [0.1, 0.15) is 11.5 Å². The molecular weight excluding hydrogens is 290 g/mol. The van der Waals surface area contributed by atoms with Crippen LogP contribution in [0.15, 0.2) is 42.5 Å². The molecule has 0 bridgehead atoms. The maximum Gasteiger partial charge on any atom is 0.225 e. The van der Waals surface area contributed by atoms with Crippen LogP contribution >= 0.6 is 0 Å². The SMILES string of the molecule is COc1cc2c(c(OC)c1)C(CCc1ccccc1)CC(=O)N2. The second-order valence-corrected chi connectivity index (χ2v) is 5.76. The van der Waals surface area contributed by atoms with Gasteiger partial charge < -0.3 is 14.8 Å². The van der Waals surface area contributed by atoms with Gasteiger partial charge in [-0.15, -0.1) is 0 Å². The second kappa shape index (κ2) is 6.73. The quantitative estimate of drug-likeness (QED) is 0.914. The number of amides is 1. The van der Waals surface area contributed by atoms with Crippen LogP contribution in [0.25, 0.3) is 0 Å². The van der Waals surface area contributed by atoms with Crippen LogP contribution in [0.2, 0.25) is 0 Å². The topological polar surface area (TPSA) is 47.6 Å². The number of methoxy groups -OCH3 is 2. The Kier molecular flexibility index (Phi) is 4.51. The zero-order valence-electron chi connectivity index (χ0n) is 13.5. The van der Waals surface area contributed by atoms with E-state index in [1.807, 2.05) is 30.3 Å². The maximum atomic E-state index is 12.1. The van der Waals surface area contributed by atoms with Gasteiger partial charge in [0.25, 0.3) is 0 Å². The molecule has 1 unspecified atom stereocenters. The first-order valence-electron chi connectivity index (χ1n) is 7.81. The summed E-state index contributed by atoms with van der Waals surface area (Å²) < 4.78 is 10.8. The molecule has 1 N–H and O–H groups in total. The number of fused-ring (bicyclic) bond motifs is 1. The molecule has 1 amide bonds. The van der Waals surface area contributed by atoms with E-state index in [0.29, 0.717) is 12.2 Å². The molecule has 0 aliphatic carbocycles. The van der Waals surface area contributed by atoms with Crippen molar-refractivity contribution in [2.45, 2.75) is 25.2 Å². The molecule has 1 heterocycles. The molecule has 1 atom stereocenters. The Morgan fingerprint density at radius 1 is 1.13 bits per heavy atom. The lowest BCUT2D eigenvalue weighted by atomic mass is 9.85. The fourth-order valence-corrected chi connectivity index (χ4v) is 3.17. The van der Waals surface area contributed by atoms with Crippen molar-refractivity contribution in [3.8, 4) is 11.5 Å². The van der Waals surface area contributed by atoms with Crippen molar-refractivity contribution >= 4 is 11.6 Å². The summed E-state index contributed by atoms with van der Waals surface area (Å²) in [6.45, 7) is 0. The Hall–Kier alpha value is -2.49. The summed E-state index contributed by atoms with van der Waals surface area (Å²) in [6.07, 6.45) is 2.34. The molecule has 120 valence electrons. The number of hydrogen-bond donors (Lipinski definition) is 1. The molecule has 2 aromatic rings. The van der Waals surface area contributed by atoms with E-state index < -0.39 is 0 Å². The van der Waals surface area contributed by atoms with Crippen LogP contribution in [-0.2, 0) is 11.2 Å². The predicted molar refractivity (Wildman–Crippen MR) is 90.3 cm³/mol. The highest BCUT2D eigenvalue weighted by atomic mass is 16.5. The van der Waals surface area contributed by atoms with Crippen LogP contribution in [0.5, 0.6) is 11.5 Å². The highest BCUT2D eigenvalue weighted by Gasteiger charge is 2.29. The molecule has 0 saturated carbocycles. The minimum atomic E-state index is 0.0471. The van der Waals surface area contributed by atoms with Crippen molar-refractivity contribution in [1.82, 2.24) is 0 Å². The molecule has 2 aromatic carbocycles. The molecule has 1 aliphatic heterocycles. The van der Waals surface area contributed by atoms with E-state index in [9.17, 15) is 4.79 Å². The highest BCUT2D eigenvalue weighted by molar-refractivity contribution is 5.95. The summed E-state index contributed by atoms with van der Waals surface area (Å²) >= 11 is 0. The van der Waals surface area contributed by atoms with E-state index in [1.54, 1.807) is 14.2 Å². The number of aryl methyl sites for hydroxylation is 1. The first kappa shape index (κ1) is 15.4. The van der Waals surface area contributed by atoms with Crippen LogP contribution in [-0.4, -0.2) is 20.1 Å². The molecule has 4 nitrogen and oxygen atoms in total. The second-order valence-electron chi connectivity index (χ2n) is 5.76. The molecule has 3 rings (SSSR count). The van der Waals surface area contributed by atoms with Crippen molar-refractivity contribution in [1.29, 1.82) is 0 Å². The molecule has 0 spiro atoms. The fourth-order valence-electron chi connectivity index (χ4n) is 3.17. The first-order chi connectivity index (χ1) is 11.2. The van der Waals surface area contributed by atoms with E-state index in [2.05, 4.69) is 17.4 Å². The Bertz CT molecular complexity index is 697. The Morgan fingerprint density at radius 3 is 2.61 bits per heavy atom. The molecule has 23 heavy (non-hydrogen) atoms. The van der Waals surface area contributed by atoms with Gasteiger partial charge in [-0.3, -0.25) is 4.79 Å². The van der Waals surface area contributed by atoms with Gasteiger partial charge in [0.15, 0.2) is 0 Å². The van der Waals surface area contributed by atoms with Gasteiger partial charge in [-0.1, -0.05) is 30.3 Å². The van der Waals surface area contributed by atoms with E-state index in [4.69, 9.17) is 9.47 Å². The number of ether oxygens (including phenoxy) is 2. The zero-order valence-corrected chi connectivity index (χ0v) is 13.5. The van der Waals surface area contributed by atoms with E-state index in [0.717, 1.165) is 29.8 Å². The summed E-state index contributed by atoms with van der Waals surface area (Å²) in [5.74, 6) is 1.66. The summed E-state index contributed by atoms with van der Waals surface area (Å²) in [4.78, 5) is 12.1. The van der Waals surface area contributed by atoms with Gasteiger partial charge in [0.05, 0.1) is 19.9 Å². The molecular formula is C19H21NO3. The Morgan fingerprint density at radius 2 is 1.91 bits per heavy atom. The van der Waals surface area contributed by atoms with E-state index in [-0.39, 0.29) is 11.8 Å². The summed E-state index contributed by atoms with van der Waals surface area (Å²) in [6, 6.07) is 14.1. The fraction of sp³-hybridized carbons (Fsp3) is 0.316. The van der Waals surface area contributed by atoms with Gasteiger partial charge in [-0.05, 0) is 24.3 Å². The van der Waals surface area contributed by atoms with Crippen LogP contribution in [0.4, 0.5) is 5.69 Å². The zero-order chi connectivity index (χ0) is 16.2. The van der Waals surface area contributed by atoms with Crippen molar-refractivity contribution < 1.29 is 14.3 Å². The third-order valence-corrected chi connectivity index (χ3v) is 4.31. The number of benzene rings is 2. The summed E-state index contributed by atoms with van der Waals surface area (Å²) in [7, 11) is 3.26.